The number of hydrogen-bond acceptors (Lipinski definition) is 3. The van der Waals surface area contributed by atoms with E-state index in [0.717, 1.165) is 39.5 Å². The molecular formula is C16H20BrN3O. The first-order valence-corrected chi connectivity index (χ1v) is 8.03. The van der Waals surface area contributed by atoms with E-state index in [1.54, 1.807) is 0 Å². The summed E-state index contributed by atoms with van der Waals surface area (Å²) in [5, 5.41) is 8.02. The van der Waals surface area contributed by atoms with Crippen LogP contribution in [0.5, 0.6) is 11.6 Å². The van der Waals surface area contributed by atoms with Gasteiger partial charge in [-0.1, -0.05) is 15.9 Å². The number of rotatable bonds is 5. The van der Waals surface area contributed by atoms with Gasteiger partial charge in [0.15, 0.2) is 0 Å². The van der Waals surface area contributed by atoms with Crippen molar-refractivity contribution in [2.45, 2.75) is 39.3 Å². The third-order valence-corrected chi connectivity index (χ3v) is 4.67. The van der Waals surface area contributed by atoms with E-state index < -0.39 is 0 Å². The minimum atomic E-state index is 0.674. The van der Waals surface area contributed by atoms with Gasteiger partial charge in [0, 0.05) is 24.1 Å². The van der Waals surface area contributed by atoms with E-state index >= 15 is 0 Å². The molecule has 4 nitrogen and oxygen atoms in total. The molecule has 5 heteroatoms. The largest absolute Gasteiger partial charge is 0.439 e. The standard InChI is InChI=1S/C16H20BrN3O/c1-10-8-13(6-7-15(10)17)21-16-14(9-18-12-4-5-12)11(2)19-20(16)3/h6-8,12,18H,4-5,9H2,1-3H3. The zero-order valence-electron chi connectivity index (χ0n) is 12.6. The molecule has 1 aliphatic carbocycles. The second-order valence-corrected chi connectivity index (χ2v) is 6.52. The van der Waals surface area contributed by atoms with Gasteiger partial charge >= 0.3 is 0 Å². The minimum absolute atomic E-state index is 0.674. The number of aromatic nitrogens is 2. The zero-order valence-corrected chi connectivity index (χ0v) is 14.2. The highest BCUT2D eigenvalue weighted by molar-refractivity contribution is 9.10. The summed E-state index contributed by atoms with van der Waals surface area (Å²) >= 11 is 3.51. The average Bonchev–Trinajstić information content (AvgIpc) is 3.21. The Morgan fingerprint density at radius 2 is 2.14 bits per heavy atom. The van der Waals surface area contributed by atoms with Gasteiger partial charge < -0.3 is 10.1 Å². The fourth-order valence-electron chi connectivity index (χ4n) is 2.34. The maximum absolute atomic E-state index is 6.09. The van der Waals surface area contributed by atoms with Crippen molar-refractivity contribution >= 4 is 15.9 Å². The number of benzene rings is 1. The van der Waals surface area contributed by atoms with Crippen molar-refractivity contribution in [3.05, 3.63) is 39.5 Å². The predicted molar refractivity (Wildman–Crippen MR) is 86.8 cm³/mol. The third-order valence-electron chi connectivity index (χ3n) is 3.78. The Kier molecular flexibility index (Phi) is 4.04. The molecule has 0 saturated heterocycles. The van der Waals surface area contributed by atoms with Crippen molar-refractivity contribution in [1.82, 2.24) is 15.1 Å². The van der Waals surface area contributed by atoms with E-state index in [2.05, 4.69) is 33.3 Å². The average molecular weight is 350 g/mol. The Hall–Kier alpha value is -1.33. The van der Waals surface area contributed by atoms with Gasteiger partial charge in [-0.3, -0.25) is 0 Å². The lowest BCUT2D eigenvalue weighted by molar-refractivity contribution is 0.423. The summed E-state index contributed by atoms with van der Waals surface area (Å²) < 4.78 is 8.99. The summed E-state index contributed by atoms with van der Waals surface area (Å²) in [7, 11) is 1.93. The molecule has 1 heterocycles. The van der Waals surface area contributed by atoms with Crippen LogP contribution in [0.25, 0.3) is 0 Å². The fourth-order valence-corrected chi connectivity index (χ4v) is 2.58. The van der Waals surface area contributed by atoms with Gasteiger partial charge in [0.2, 0.25) is 5.88 Å². The molecule has 0 bridgehead atoms. The van der Waals surface area contributed by atoms with Crippen LogP contribution in [-0.4, -0.2) is 15.8 Å². The Labute approximate surface area is 133 Å². The van der Waals surface area contributed by atoms with Crippen LogP contribution in [0.1, 0.15) is 29.7 Å². The van der Waals surface area contributed by atoms with Gasteiger partial charge in [-0.25, -0.2) is 4.68 Å². The Morgan fingerprint density at radius 1 is 1.38 bits per heavy atom. The molecule has 1 N–H and O–H groups in total. The summed E-state index contributed by atoms with van der Waals surface area (Å²) in [4.78, 5) is 0. The number of aryl methyl sites for hydroxylation is 3. The van der Waals surface area contributed by atoms with Gasteiger partial charge in [-0.15, -0.1) is 0 Å². The van der Waals surface area contributed by atoms with Crippen molar-refractivity contribution in [3.63, 3.8) is 0 Å². The Balaban J connectivity index is 1.84. The van der Waals surface area contributed by atoms with Gasteiger partial charge in [0.25, 0.3) is 0 Å². The van der Waals surface area contributed by atoms with E-state index in [-0.39, 0.29) is 0 Å². The van der Waals surface area contributed by atoms with Crippen LogP contribution >= 0.6 is 15.9 Å². The van der Waals surface area contributed by atoms with Gasteiger partial charge in [-0.05, 0) is 50.5 Å². The van der Waals surface area contributed by atoms with Crippen molar-refractivity contribution in [1.29, 1.82) is 0 Å². The Bertz CT molecular complexity index is 662. The van der Waals surface area contributed by atoms with E-state index in [1.165, 1.54) is 12.8 Å². The van der Waals surface area contributed by atoms with Crippen molar-refractivity contribution < 1.29 is 4.74 Å². The first-order chi connectivity index (χ1) is 10.0. The molecule has 3 rings (SSSR count). The topological polar surface area (TPSA) is 39.1 Å². The van der Waals surface area contributed by atoms with Gasteiger partial charge in [0.05, 0.1) is 11.3 Å². The first kappa shape index (κ1) is 14.6. The van der Waals surface area contributed by atoms with E-state index in [0.29, 0.717) is 6.04 Å². The molecule has 21 heavy (non-hydrogen) atoms. The molecule has 0 amide bonds. The lowest BCUT2D eigenvalue weighted by Crippen LogP contribution is -2.16. The highest BCUT2D eigenvalue weighted by Crippen LogP contribution is 2.30. The maximum Gasteiger partial charge on any atom is 0.222 e. The second-order valence-electron chi connectivity index (χ2n) is 5.66. The van der Waals surface area contributed by atoms with Crippen LogP contribution in [0.4, 0.5) is 0 Å². The van der Waals surface area contributed by atoms with Crippen LogP contribution < -0.4 is 10.1 Å². The predicted octanol–water partition coefficient (Wildman–Crippen LogP) is 3.84. The molecule has 0 unspecified atom stereocenters. The fraction of sp³-hybridized carbons (Fsp3) is 0.438. The summed E-state index contributed by atoms with van der Waals surface area (Å²) in [5.41, 5.74) is 3.32. The number of ether oxygens (including phenoxy) is 1. The lowest BCUT2D eigenvalue weighted by Gasteiger charge is -2.10. The zero-order chi connectivity index (χ0) is 15.0. The number of hydrogen-bond donors (Lipinski definition) is 1. The molecule has 0 aliphatic heterocycles. The normalized spacial score (nSPS) is 14.5. The summed E-state index contributed by atoms with van der Waals surface area (Å²) in [6.45, 7) is 4.90. The molecule has 0 radical (unpaired) electrons. The maximum atomic E-state index is 6.09. The molecule has 1 aliphatic rings. The molecule has 1 saturated carbocycles. The molecule has 1 fully saturated rings. The van der Waals surface area contributed by atoms with Crippen molar-refractivity contribution in [2.75, 3.05) is 0 Å². The highest BCUT2D eigenvalue weighted by atomic mass is 79.9. The van der Waals surface area contributed by atoms with Crippen molar-refractivity contribution in [3.8, 4) is 11.6 Å². The number of nitrogens with one attached hydrogen (secondary N) is 1. The molecule has 1 aromatic carbocycles. The van der Waals surface area contributed by atoms with E-state index in [9.17, 15) is 0 Å². The van der Waals surface area contributed by atoms with Crippen LogP contribution in [-0.2, 0) is 13.6 Å². The van der Waals surface area contributed by atoms with Crippen molar-refractivity contribution in [2.24, 2.45) is 7.05 Å². The molecule has 2 aromatic rings. The monoisotopic (exact) mass is 349 g/mol. The van der Waals surface area contributed by atoms with Crippen LogP contribution in [0.2, 0.25) is 0 Å². The number of nitrogens with zero attached hydrogens (tertiary/aromatic N) is 2. The summed E-state index contributed by atoms with van der Waals surface area (Å²) in [5.74, 6) is 1.66. The van der Waals surface area contributed by atoms with Gasteiger partial charge in [-0.2, -0.15) is 5.10 Å². The minimum Gasteiger partial charge on any atom is -0.439 e. The summed E-state index contributed by atoms with van der Waals surface area (Å²) in [6.07, 6.45) is 2.56. The van der Waals surface area contributed by atoms with Crippen LogP contribution in [0, 0.1) is 13.8 Å². The Morgan fingerprint density at radius 3 is 2.81 bits per heavy atom. The highest BCUT2D eigenvalue weighted by Gasteiger charge is 2.23. The SMILES string of the molecule is Cc1cc(Oc2c(CNC3CC3)c(C)nn2C)ccc1Br. The molecule has 0 atom stereocenters. The molecule has 112 valence electrons. The number of halogens is 1. The van der Waals surface area contributed by atoms with Gasteiger partial charge in [0.1, 0.15) is 5.75 Å². The second kappa shape index (κ2) is 5.81. The molecule has 0 spiro atoms. The van der Waals surface area contributed by atoms with Crippen LogP contribution in [0.15, 0.2) is 22.7 Å². The smallest absolute Gasteiger partial charge is 0.222 e. The van der Waals surface area contributed by atoms with E-state index in [4.69, 9.17) is 4.74 Å². The third kappa shape index (κ3) is 3.30. The summed E-state index contributed by atoms with van der Waals surface area (Å²) in [6, 6.07) is 6.69. The molecule has 1 aromatic heterocycles. The van der Waals surface area contributed by atoms with E-state index in [1.807, 2.05) is 36.9 Å². The quantitative estimate of drug-likeness (QED) is 0.891. The molecular weight excluding hydrogens is 330 g/mol. The lowest BCUT2D eigenvalue weighted by atomic mass is 10.2. The first-order valence-electron chi connectivity index (χ1n) is 7.24. The van der Waals surface area contributed by atoms with Crippen LogP contribution in [0.3, 0.4) is 0 Å².